The maximum Gasteiger partial charge on any atom is 0.256 e. The summed E-state index contributed by atoms with van der Waals surface area (Å²) in [7, 11) is -3.56. The summed E-state index contributed by atoms with van der Waals surface area (Å²) in [6.45, 7) is 3.60. The smallest absolute Gasteiger partial charge is 0.256 e. The van der Waals surface area contributed by atoms with Crippen molar-refractivity contribution in [2.45, 2.75) is 31.6 Å². The van der Waals surface area contributed by atoms with Crippen LogP contribution in [0.4, 0.5) is 0 Å². The first kappa shape index (κ1) is 19.0. The average Bonchev–Trinajstić information content (AvgIpc) is 2.62. The van der Waals surface area contributed by atoms with Crippen molar-refractivity contribution in [3.8, 4) is 0 Å². The molecule has 0 unspecified atom stereocenters. The lowest BCUT2D eigenvalue weighted by Crippen LogP contribution is -2.36. The van der Waals surface area contributed by atoms with E-state index in [4.69, 9.17) is 11.6 Å². The lowest BCUT2D eigenvalue weighted by Gasteiger charge is -2.27. The van der Waals surface area contributed by atoms with Crippen molar-refractivity contribution >= 4 is 32.3 Å². The van der Waals surface area contributed by atoms with Crippen molar-refractivity contribution in [1.29, 1.82) is 0 Å². The third-order valence-corrected chi connectivity index (χ3v) is 6.09. The second-order valence-corrected chi connectivity index (χ2v) is 9.45. The summed E-state index contributed by atoms with van der Waals surface area (Å²) in [5.41, 5.74) is 3.51. The number of sulfone groups is 1. The van der Waals surface area contributed by atoms with E-state index >= 15 is 0 Å². The van der Waals surface area contributed by atoms with Crippen LogP contribution in [0, 0.1) is 6.92 Å². The minimum atomic E-state index is -3.56. The number of fused-ring (bicyclic) bond motifs is 2. The van der Waals surface area contributed by atoms with E-state index in [-0.39, 0.29) is 5.16 Å². The second kappa shape index (κ2) is 6.95. The van der Waals surface area contributed by atoms with Gasteiger partial charge in [-0.2, -0.15) is 0 Å². The van der Waals surface area contributed by atoms with Crippen LogP contribution in [0.5, 0.6) is 0 Å². The van der Waals surface area contributed by atoms with Crippen LogP contribution in [-0.2, 0) is 29.3 Å². The molecule has 0 saturated heterocycles. The van der Waals surface area contributed by atoms with Crippen molar-refractivity contribution in [3.63, 3.8) is 0 Å². The Morgan fingerprint density at radius 2 is 2.04 bits per heavy atom. The Balaban J connectivity index is 1.63. The third kappa shape index (κ3) is 3.67. The number of nitrogens with zero attached hydrogens (tertiary/aromatic N) is 3. The maximum absolute atomic E-state index is 12.4. The van der Waals surface area contributed by atoms with Gasteiger partial charge in [0, 0.05) is 43.3 Å². The van der Waals surface area contributed by atoms with Crippen molar-refractivity contribution in [2.24, 2.45) is 0 Å². The minimum Gasteiger partial charge on any atom is -0.297 e. The van der Waals surface area contributed by atoms with Gasteiger partial charge in [0.25, 0.3) is 5.56 Å². The van der Waals surface area contributed by atoms with Crippen LogP contribution >= 0.6 is 11.6 Å². The van der Waals surface area contributed by atoms with Gasteiger partial charge in [-0.05, 0) is 25.1 Å². The highest BCUT2D eigenvalue weighted by molar-refractivity contribution is 7.90. The van der Waals surface area contributed by atoms with Crippen LogP contribution in [-0.4, -0.2) is 41.1 Å². The van der Waals surface area contributed by atoms with Crippen molar-refractivity contribution < 1.29 is 8.42 Å². The van der Waals surface area contributed by atoms with E-state index in [1.807, 2.05) is 25.1 Å². The largest absolute Gasteiger partial charge is 0.297 e. The summed E-state index contributed by atoms with van der Waals surface area (Å²) in [6.07, 6.45) is 1.53. The van der Waals surface area contributed by atoms with Gasteiger partial charge in [0.05, 0.1) is 16.8 Å². The normalized spacial score (nSPS) is 15.0. The third-order valence-electron chi connectivity index (χ3n) is 4.87. The van der Waals surface area contributed by atoms with Crippen LogP contribution < -0.4 is 5.56 Å². The Labute approximate surface area is 167 Å². The molecule has 3 aromatic rings. The Kier molecular flexibility index (Phi) is 4.73. The number of aryl methyl sites for hydroxylation is 1. The molecule has 4 rings (SSSR count). The zero-order valence-corrected chi connectivity index (χ0v) is 17.1. The molecule has 1 aromatic carbocycles. The lowest BCUT2D eigenvalue weighted by molar-refractivity contribution is 0.240. The van der Waals surface area contributed by atoms with Gasteiger partial charge < -0.3 is 0 Å². The highest BCUT2D eigenvalue weighted by Crippen LogP contribution is 2.25. The number of rotatable bonds is 3. The van der Waals surface area contributed by atoms with E-state index in [1.165, 1.54) is 0 Å². The van der Waals surface area contributed by atoms with E-state index in [0.29, 0.717) is 42.5 Å². The van der Waals surface area contributed by atoms with E-state index in [2.05, 4.69) is 25.9 Å². The SMILES string of the molecule is Cc1ccc2nc(Cl)c(CN3CCc4nc(S(C)(=O)=O)[nH]c(=O)c4C3)cc2c1. The van der Waals surface area contributed by atoms with Crippen LogP contribution in [0.3, 0.4) is 0 Å². The molecule has 0 fully saturated rings. The van der Waals surface area contributed by atoms with Crippen molar-refractivity contribution in [3.05, 3.63) is 62.2 Å². The zero-order valence-electron chi connectivity index (χ0n) is 15.5. The van der Waals surface area contributed by atoms with Gasteiger partial charge in [-0.3, -0.25) is 14.7 Å². The van der Waals surface area contributed by atoms with Gasteiger partial charge in [0.2, 0.25) is 15.0 Å². The zero-order chi connectivity index (χ0) is 20.1. The van der Waals surface area contributed by atoms with Gasteiger partial charge in [0.15, 0.2) is 0 Å². The minimum absolute atomic E-state index is 0.276. The van der Waals surface area contributed by atoms with Gasteiger partial charge >= 0.3 is 0 Å². The van der Waals surface area contributed by atoms with E-state index in [1.54, 1.807) is 0 Å². The Morgan fingerprint density at radius 1 is 1.25 bits per heavy atom. The molecule has 0 saturated carbocycles. The van der Waals surface area contributed by atoms with Crippen LogP contribution in [0.1, 0.15) is 22.4 Å². The first-order valence-electron chi connectivity index (χ1n) is 8.81. The van der Waals surface area contributed by atoms with Crippen LogP contribution in [0.2, 0.25) is 5.15 Å². The fourth-order valence-corrected chi connectivity index (χ4v) is 4.20. The summed E-state index contributed by atoms with van der Waals surface area (Å²) >= 11 is 6.38. The van der Waals surface area contributed by atoms with Crippen molar-refractivity contribution in [2.75, 3.05) is 12.8 Å². The summed E-state index contributed by atoms with van der Waals surface area (Å²) in [5.74, 6) is 0. The number of aromatic amines is 1. The number of pyridine rings is 1. The number of nitrogens with one attached hydrogen (secondary N) is 1. The summed E-state index contributed by atoms with van der Waals surface area (Å²) in [4.78, 5) is 25.5. The predicted molar refractivity (Wildman–Crippen MR) is 107 cm³/mol. The fourth-order valence-electron chi connectivity index (χ4n) is 3.44. The van der Waals surface area contributed by atoms with E-state index in [9.17, 15) is 13.2 Å². The summed E-state index contributed by atoms with van der Waals surface area (Å²) in [6, 6.07) is 8.04. The fraction of sp³-hybridized carbons (Fsp3) is 0.316. The monoisotopic (exact) mass is 418 g/mol. The molecule has 0 atom stereocenters. The molecule has 28 heavy (non-hydrogen) atoms. The molecule has 1 aliphatic rings. The van der Waals surface area contributed by atoms with Gasteiger partial charge in [-0.15, -0.1) is 0 Å². The first-order valence-corrected chi connectivity index (χ1v) is 11.1. The number of halogens is 1. The maximum atomic E-state index is 12.4. The standard InChI is InChI=1S/C19H19ClN4O3S/c1-11-3-4-15-12(7-11)8-13(17(20)21-15)9-24-6-5-16-14(10-24)18(25)23-19(22-16)28(2,26)27/h3-4,7-8H,5-6,9-10H2,1-2H3,(H,22,23,25). The first-order chi connectivity index (χ1) is 13.2. The molecule has 7 nitrogen and oxygen atoms in total. The van der Waals surface area contributed by atoms with Crippen molar-refractivity contribution in [1.82, 2.24) is 19.9 Å². The molecule has 0 spiro atoms. The highest BCUT2D eigenvalue weighted by atomic mass is 35.5. The molecule has 2 aromatic heterocycles. The molecule has 1 aliphatic heterocycles. The molecule has 0 amide bonds. The number of aromatic nitrogens is 3. The molecule has 146 valence electrons. The number of benzene rings is 1. The van der Waals surface area contributed by atoms with E-state index < -0.39 is 15.4 Å². The van der Waals surface area contributed by atoms with E-state index in [0.717, 1.165) is 28.3 Å². The topological polar surface area (TPSA) is 96.0 Å². The second-order valence-electron chi connectivity index (χ2n) is 7.16. The molecule has 0 aliphatic carbocycles. The molecule has 9 heteroatoms. The Bertz CT molecular complexity index is 1250. The Morgan fingerprint density at radius 3 is 2.79 bits per heavy atom. The van der Waals surface area contributed by atoms with Gasteiger partial charge in [-0.1, -0.05) is 23.2 Å². The number of H-pyrrole nitrogens is 1. The molecular formula is C19H19ClN4O3S. The lowest BCUT2D eigenvalue weighted by atomic mass is 10.1. The quantitative estimate of drug-likeness (QED) is 0.517. The number of hydrogen-bond acceptors (Lipinski definition) is 6. The molecule has 1 N–H and O–H groups in total. The van der Waals surface area contributed by atoms with Gasteiger partial charge in [-0.25, -0.2) is 18.4 Å². The Hall–Kier alpha value is -2.29. The van der Waals surface area contributed by atoms with Crippen LogP contribution in [0.25, 0.3) is 10.9 Å². The molecule has 0 bridgehead atoms. The summed E-state index contributed by atoms with van der Waals surface area (Å²) < 4.78 is 23.4. The number of hydrogen-bond donors (Lipinski definition) is 1. The van der Waals surface area contributed by atoms with Crippen LogP contribution in [0.15, 0.2) is 34.2 Å². The summed E-state index contributed by atoms with van der Waals surface area (Å²) in [5, 5.41) is 1.19. The average molecular weight is 419 g/mol. The van der Waals surface area contributed by atoms with Gasteiger partial charge in [0.1, 0.15) is 5.15 Å². The predicted octanol–water partition coefficient (Wildman–Crippen LogP) is 2.24. The highest BCUT2D eigenvalue weighted by Gasteiger charge is 2.24. The molecule has 0 radical (unpaired) electrons. The molecular weight excluding hydrogens is 400 g/mol. The molecule has 3 heterocycles.